The van der Waals surface area contributed by atoms with Crippen molar-refractivity contribution < 1.29 is 4.79 Å². The molecular weight excluding hydrogens is 274 g/mol. The van der Waals surface area contributed by atoms with E-state index in [4.69, 9.17) is 5.41 Å². The van der Waals surface area contributed by atoms with Crippen LogP contribution in [0.15, 0.2) is 50.3 Å². The maximum Gasteiger partial charge on any atom is 0.262 e. The predicted molar refractivity (Wildman–Crippen MR) is 81.0 cm³/mol. The van der Waals surface area contributed by atoms with Crippen LogP contribution in [0.4, 0.5) is 5.69 Å². The first-order valence-electron chi connectivity index (χ1n) is 5.93. The van der Waals surface area contributed by atoms with Crippen molar-refractivity contribution in [1.29, 1.82) is 5.41 Å². The number of hydrogen-bond donors (Lipinski definition) is 4. The molecule has 0 fully saturated rings. The molecule has 6 nitrogen and oxygen atoms in total. The summed E-state index contributed by atoms with van der Waals surface area (Å²) in [6.07, 6.45) is 1.60. The highest BCUT2D eigenvalue weighted by Gasteiger charge is 2.28. The number of hydrogen-bond acceptors (Lipinski definition) is 5. The number of carbonyl (C=O) groups excluding carboxylic acids is 1. The van der Waals surface area contributed by atoms with Crippen molar-refractivity contribution in [1.82, 2.24) is 5.32 Å². The van der Waals surface area contributed by atoms with Crippen molar-refractivity contribution in [2.24, 2.45) is 9.98 Å². The van der Waals surface area contributed by atoms with E-state index in [1.807, 2.05) is 24.3 Å². The molecule has 2 heterocycles. The van der Waals surface area contributed by atoms with Gasteiger partial charge in [-0.2, -0.15) is 4.99 Å². The molecule has 0 bridgehead atoms. The van der Waals surface area contributed by atoms with Crippen molar-refractivity contribution in [3.05, 3.63) is 35.4 Å². The zero-order valence-corrected chi connectivity index (χ0v) is 11.2. The lowest BCUT2D eigenvalue weighted by Gasteiger charge is -2.13. The van der Waals surface area contributed by atoms with Crippen LogP contribution in [0, 0.1) is 5.41 Å². The molecule has 0 atom stereocenters. The van der Waals surface area contributed by atoms with Crippen LogP contribution in [0.3, 0.4) is 0 Å². The summed E-state index contributed by atoms with van der Waals surface area (Å²) in [5.41, 5.74) is 2.04. The molecule has 7 heteroatoms. The molecule has 2 aliphatic rings. The molecule has 0 radical (unpaired) electrons. The number of benzene rings is 1. The number of para-hydroxylation sites is 1. The fraction of sp³-hybridized carbons (Fsp3) is 0.0769. The third-order valence-electron chi connectivity index (χ3n) is 2.94. The molecule has 0 unspecified atom stereocenters. The Kier molecular flexibility index (Phi) is 3.11. The normalized spacial score (nSPS) is 16.9. The Bertz CT molecular complexity index is 704. The molecule has 2 aliphatic heterocycles. The van der Waals surface area contributed by atoms with Gasteiger partial charge in [0.1, 0.15) is 0 Å². The van der Waals surface area contributed by atoms with Crippen molar-refractivity contribution in [2.75, 3.05) is 11.9 Å². The third kappa shape index (κ3) is 2.23. The molecule has 20 heavy (non-hydrogen) atoms. The molecule has 1 aromatic carbocycles. The molecule has 3 rings (SSSR count). The monoisotopic (exact) mass is 285 g/mol. The van der Waals surface area contributed by atoms with Crippen LogP contribution in [-0.2, 0) is 4.79 Å². The Morgan fingerprint density at radius 2 is 2.15 bits per heavy atom. The molecular formula is C13H11N5OS. The van der Waals surface area contributed by atoms with Gasteiger partial charge in [0.05, 0.1) is 5.57 Å². The molecule has 0 aliphatic carbocycles. The van der Waals surface area contributed by atoms with E-state index in [0.29, 0.717) is 18.0 Å². The number of anilines is 1. The first-order valence-corrected chi connectivity index (χ1v) is 6.38. The van der Waals surface area contributed by atoms with Gasteiger partial charge in [-0.25, -0.2) is 4.99 Å². The molecule has 0 saturated carbocycles. The Labute approximate surface area is 120 Å². The summed E-state index contributed by atoms with van der Waals surface area (Å²) >= 11 is 4.35. The van der Waals surface area contributed by atoms with E-state index in [0.717, 1.165) is 16.2 Å². The van der Waals surface area contributed by atoms with Crippen LogP contribution in [-0.4, -0.2) is 30.5 Å². The number of guanidine groups is 1. The van der Waals surface area contributed by atoms with Gasteiger partial charge in [0, 0.05) is 28.9 Å². The van der Waals surface area contributed by atoms with Gasteiger partial charge < -0.3 is 5.32 Å². The lowest BCUT2D eigenvalue weighted by Crippen LogP contribution is -2.37. The van der Waals surface area contributed by atoms with Crippen LogP contribution >= 0.6 is 12.6 Å². The summed E-state index contributed by atoms with van der Waals surface area (Å²) in [4.78, 5) is 20.6. The van der Waals surface area contributed by atoms with Gasteiger partial charge in [-0.15, -0.1) is 12.6 Å². The van der Waals surface area contributed by atoms with Crippen LogP contribution in [0.1, 0.15) is 0 Å². The quantitative estimate of drug-likeness (QED) is 0.629. The smallest absolute Gasteiger partial charge is 0.262 e. The summed E-state index contributed by atoms with van der Waals surface area (Å²) in [6.45, 7) is 0.441. The number of carbonyl (C=O) groups is 1. The summed E-state index contributed by atoms with van der Waals surface area (Å²) in [5.74, 6) is -0.219. The standard InChI is InChI=1S/C13H11N5OS/c14-13-17-11-10(12(19)18-13)7(6-16-11)5-15-8-3-1-2-4-9(8)20/h1-4,6,15,20H,5H2,(H2,14,18,19). The number of thiol groups is 1. The third-order valence-corrected chi connectivity index (χ3v) is 3.33. The Hall–Kier alpha value is -2.41. The van der Waals surface area contributed by atoms with Gasteiger partial charge >= 0.3 is 0 Å². The number of aliphatic imine (C=N–C) groups is 2. The number of nitrogens with zero attached hydrogens (tertiary/aromatic N) is 2. The minimum absolute atomic E-state index is 0.180. The zero-order chi connectivity index (χ0) is 14.1. The van der Waals surface area contributed by atoms with Crippen molar-refractivity contribution in [3.8, 4) is 0 Å². The van der Waals surface area contributed by atoms with E-state index < -0.39 is 0 Å². The summed E-state index contributed by atoms with van der Waals surface area (Å²) in [5, 5.41) is 12.9. The molecule has 3 N–H and O–H groups in total. The fourth-order valence-corrected chi connectivity index (χ4v) is 2.24. The number of fused-ring (bicyclic) bond motifs is 1. The fourth-order valence-electron chi connectivity index (χ4n) is 2.00. The van der Waals surface area contributed by atoms with E-state index in [2.05, 4.69) is 33.2 Å². The first-order chi connectivity index (χ1) is 9.65. The van der Waals surface area contributed by atoms with E-state index >= 15 is 0 Å². The molecule has 1 amide bonds. The predicted octanol–water partition coefficient (Wildman–Crippen LogP) is 1.23. The van der Waals surface area contributed by atoms with Crippen LogP contribution in [0.5, 0.6) is 0 Å². The second-order valence-corrected chi connectivity index (χ2v) is 4.75. The first kappa shape index (κ1) is 12.6. The van der Waals surface area contributed by atoms with Gasteiger partial charge in [-0.05, 0) is 12.1 Å². The van der Waals surface area contributed by atoms with Gasteiger partial charge in [0.2, 0.25) is 5.96 Å². The molecule has 100 valence electrons. The average molecular weight is 285 g/mol. The number of nitrogens with one attached hydrogen (secondary N) is 3. The summed E-state index contributed by atoms with van der Waals surface area (Å²) in [7, 11) is 0. The van der Waals surface area contributed by atoms with Gasteiger partial charge in [-0.1, -0.05) is 12.1 Å². The van der Waals surface area contributed by atoms with Crippen molar-refractivity contribution in [3.63, 3.8) is 0 Å². The second-order valence-electron chi connectivity index (χ2n) is 4.27. The SMILES string of the molecule is N=C1N=C2N=CC(CNc3ccccc3S)=C2C(=O)N1. The highest BCUT2D eigenvalue weighted by molar-refractivity contribution is 7.80. The molecule has 1 aromatic rings. The number of amides is 1. The number of amidine groups is 1. The zero-order valence-electron chi connectivity index (χ0n) is 10.3. The topological polar surface area (TPSA) is 89.7 Å². The van der Waals surface area contributed by atoms with Gasteiger partial charge in [0.15, 0.2) is 5.84 Å². The lowest BCUT2D eigenvalue weighted by molar-refractivity contribution is -0.115. The van der Waals surface area contributed by atoms with Gasteiger partial charge in [-0.3, -0.25) is 15.5 Å². The van der Waals surface area contributed by atoms with Crippen molar-refractivity contribution >= 4 is 42.2 Å². The van der Waals surface area contributed by atoms with E-state index in [9.17, 15) is 4.79 Å². The van der Waals surface area contributed by atoms with E-state index in [1.165, 1.54) is 0 Å². The van der Waals surface area contributed by atoms with Crippen LogP contribution in [0.25, 0.3) is 0 Å². The summed E-state index contributed by atoms with van der Waals surface area (Å²) in [6, 6.07) is 7.60. The second kappa shape index (κ2) is 4.93. The maximum atomic E-state index is 11.9. The molecule has 0 aromatic heterocycles. The lowest BCUT2D eigenvalue weighted by atomic mass is 10.1. The highest BCUT2D eigenvalue weighted by atomic mass is 32.1. The minimum Gasteiger partial charge on any atom is -0.380 e. The minimum atomic E-state index is -0.339. The van der Waals surface area contributed by atoms with E-state index in [-0.39, 0.29) is 11.9 Å². The maximum absolute atomic E-state index is 11.9. The van der Waals surface area contributed by atoms with Gasteiger partial charge in [0.25, 0.3) is 5.91 Å². The number of rotatable bonds is 3. The molecule has 0 spiro atoms. The average Bonchev–Trinajstić information content (AvgIpc) is 2.81. The highest BCUT2D eigenvalue weighted by Crippen LogP contribution is 2.21. The van der Waals surface area contributed by atoms with Crippen LogP contribution < -0.4 is 10.6 Å². The Morgan fingerprint density at radius 3 is 2.95 bits per heavy atom. The summed E-state index contributed by atoms with van der Waals surface area (Å²) < 4.78 is 0. The molecule has 0 saturated heterocycles. The van der Waals surface area contributed by atoms with Crippen molar-refractivity contribution in [2.45, 2.75) is 4.90 Å². The van der Waals surface area contributed by atoms with Crippen LogP contribution in [0.2, 0.25) is 0 Å². The van der Waals surface area contributed by atoms with E-state index in [1.54, 1.807) is 6.21 Å². The Morgan fingerprint density at radius 1 is 1.35 bits per heavy atom. The Balaban J connectivity index is 1.84. The largest absolute Gasteiger partial charge is 0.380 e.